The number of aromatic nitrogens is 4. The average Bonchev–Trinajstić information content (AvgIpc) is 3.62. The molecule has 1 aliphatic carbocycles. The van der Waals surface area contributed by atoms with Crippen molar-refractivity contribution in [2.45, 2.75) is 64.7 Å². The highest BCUT2D eigenvalue weighted by atomic mass is 16.5. The van der Waals surface area contributed by atoms with Crippen molar-refractivity contribution < 1.29 is 28.7 Å². The number of carbonyl (C=O) groups is 4. The van der Waals surface area contributed by atoms with E-state index in [1.165, 1.54) is 20.4 Å². The van der Waals surface area contributed by atoms with E-state index in [0.29, 0.717) is 24.6 Å². The SMILES string of the molecule is C=C[C@H](C=N)CN(Cc1ncc(-c2ccc(-c3ccc4cc(-c5cnc([C@@H]6C=CC7(CC7)CN6C(=O)[C@@H](NC(=O)OC)C(C)C)[nH]5)ccc4c3)cc2)[nH]1)C(=O)[C@H](CC)NC(=O)OC. The molecule has 1 spiro atoms. The summed E-state index contributed by atoms with van der Waals surface area (Å²) in [4.78, 5) is 71.2. The van der Waals surface area contributed by atoms with Crippen molar-refractivity contribution in [2.24, 2.45) is 17.3 Å². The summed E-state index contributed by atoms with van der Waals surface area (Å²) in [5, 5.41) is 15.2. The summed E-state index contributed by atoms with van der Waals surface area (Å²) in [5.41, 5.74) is 5.58. The third-order valence-electron chi connectivity index (χ3n) is 12.0. The van der Waals surface area contributed by atoms with Crippen LogP contribution in [-0.4, -0.2) is 99.3 Å². The van der Waals surface area contributed by atoms with E-state index < -0.39 is 30.3 Å². The maximum atomic E-state index is 14.0. The number of nitrogens with one attached hydrogen (secondary N) is 5. The highest BCUT2D eigenvalue weighted by molar-refractivity contribution is 5.91. The van der Waals surface area contributed by atoms with Crippen LogP contribution in [0.3, 0.4) is 0 Å². The number of aromatic amines is 2. The lowest BCUT2D eigenvalue weighted by atomic mass is 9.94. The Morgan fingerprint density at radius 2 is 1.52 bits per heavy atom. The first-order valence-electron chi connectivity index (χ1n) is 21.2. The lowest BCUT2D eigenvalue weighted by molar-refractivity contribution is -0.137. The number of fused-ring (bicyclic) bond motifs is 1. The molecule has 5 aromatic rings. The lowest BCUT2D eigenvalue weighted by Gasteiger charge is -2.38. The van der Waals surface area contributed by atoms with Gasteiger partial charge in [-0.25, -0.2) is 19.6 Å². The highest BCUT2D eigenvalue weighted by Gasteiger charge is 2.48. The molecule has 1 aliphatic heterocycles. The van der Waals surface area contributed by atoms with Gasteiger partial charge < -0.3 is 45.3 Å². The largest absolute Gasteiger partial charge is 0.453 e. The van der Waals surface area contributed by atoms with Crippen LogP contribution in [0.15, 0.2) is 97.9 Å². The van der Waals surface area contributed by atoms with Crippen LogP contribution in [0.2, 0.25) is 0 Å². The van der Waals surface area contributed by atoms with Crippen molar-refractivity contribution in [3.8, 4) is 33.6 Å². The lowest BCUT2D eigenvalue weighted by Crippen LogP contribution is -2.53. The summed E-state index contributed by atoms with van der Waals surface area (Å²) < 4.78 is 9.54. The van der Waals surface area contributed by atoms with Gasteiger partial charge in [0.05, 0.1) is 44.5 Å². The standard InChI is InChI=1S/C48H55N9O6/c1-7-30(23-49)26-56(44(58)37(8-2)54-46(60)62-5)27-41-50-24-38(52-41)32-11-9-31(10-12-32)33-13-14-35-22-36(16-15-34(35)21-33)39-25-51-43(53-39)40-17-18-48(19-20-48)28-57(40)45(59)42(29(3)4)55-47(61)63-6/h7,9-18,21-25,29-30,37,40,42,49H,1,8,19-20,26-28H2,2-6H3,(H,50,52)(H,51,53)(H,54,60)(H,55,61)/t30-,37+,40+,42+/m1/s1. The van der Waals surface area contributed by atoms with Gasteiger partial charge in [-0.1, -0.05) is 87.5 Å². The van der Waals surface area contributed by atoms with Crippen molar-refractivity contribution in [1.82, 2.24) is 40.4 Å². The third kappa shape index (κ3) is 9.88. The number of alkyl carbamates (subject to hydrolysis) is 2. The van der Waals surface area contributed by atoms with E-state index in [2.05, 4.69) is 92.8 Å². The number of rotatable bonds is 16. The van der Waals surface area contributed by atoms with E-state index in [0.717, 1.165) is 57.3 Å². The summed E-state index contributed by atoms with van der Waals surface area (Å²) in [6, 6.07) is 18.9. The molecule has 15 nitrogen and oxygen atoms in total. The van der Waals surface area contributed by atoms with E-state index in [1.54, 1.807) is 30.3 Å². The minimum absolute atomic E-state index is 0.0183. The van der Waals surface area contributed by atoms with Crippen LogP contribution in [0, 0.1) is 22.7 Å². The normalized spacial score (nSPS) is 16.5. The molecule has 4 atom stereocenters. The highest BCUT2D eigenvalue weighted by Crippen LogP contribution is 2.51. The fraction of sp³-hybridized carbons (Fsp3) is 0.354. The smallest absolute Gasteiger partial charge is 0.407 e. The molecule has 0 radical (unpaired) electrons. The number of methoxy groups -OCH3 is 2. The van der Waals surface area contributed by atoms with Crippen LogP contribution >= 0.6 is 0 Å². The summed E-state index contributed by atoms with van der Waals surface area (Å²) in [5.74, 6) is 0.227. The van der Waals surface area contributed by atoms with Gasteiger partial charge in [0.1, 0.15) is 29.8 Å². The summed E-state index contributed by atoms with van der Waals surface area (Å²) in [6.07, 6.45) is 11.7. The predicted molar refractivity (Wildman–Crippen MR) is 241 cm³/mol. The zero-order chi connectivity index (χ0) is 44.8. The molecular weight excluding hydrogens is 799 g/mol. The molecule has 328 valence electrons. The van der Waals surface area contributed by atoms with E-state index in [1.807, 2.05) is 30.9 Å². The second-order valence-corrected chi connectivity index (χ2v) is 16.7. The first kappa shape index (κ1) is 44.0. The molecule has 7 rings (SSSR count). The monoisotopic (exact) mass is 853 g/mol. The van der Waals surface area contributed by atoms with Gasteiger partial charge in [0, 0.05) is 36.2 Å². The average molecular weight is 854 g/mol. The van der Waals surface area contributed by atoms with Crippen LogP contribution in [0.4, 0.5) is 9.59 Å². The van der Waals surface area contributed by atoms with Crippen LogP contribution in [0.25, 0.3) is 44.4 Å². The number of ether oxygens (including phenoxy) is 2. The Hall–Kier alpha value is -7.03. The first-order valence-corrected chi connectivity index (χ1v) is 21.2. The van der Waals surface area contributed by atoms with Crippen LogP contribution in [0.1, 0.15) is 57.7 Å². The van der Waals surface area contributed by atoms with Gasteiger partial charge >= 0.3 is 12.2 Å². The van der Waals surface area contributed by atoms with Gasteiger partial charge in [0.15, 0.2) is 0 Å². The second-order valence-electron chi connectivity index (χ2n) is 16.7. The minimum atomic E-state index is -0.800. The molecule has 1 fully saturated rings. The van der Waals surface area contributed by atoms with Gasteiger partial charge in [-0.05, 0) is 64.8 Å². The molecular formula is C48H55N9O6. The number of H-pyrrole nitrogens is 2. The maximum Gasteiger partial charge on any atom is 0.407 e. The van der Waals surface area contributed by atoms with Crippen LogP contribution in [0.5, 0.6) is 0 Å². The number of hydrogen-bond acceptors (Lipinski definition) is 9. The van der Waals surface area contributed by atoms with Gasteiger partial charge in [0.2, 0.25) is 11.8 Å². The van der Waals surface area contributed by atoms with Crippen molar-refractivity contribution >= 4 is 41.0 Å². The number of nitrogens with zero attached hydrogens (tertiary/aromatic N) is 4. The minimum Gasteiger partial charge on any atom is -0.453 e. The van der Waals surface area contributed by atoms with Gasteiger partial charge in [-0.3, -0.25) is 9.59 Å². The van der Waals surface area contributed by atoms with Crippen LogP contribution < -0.4 is 10.6 Å². The molecule has 5 N–H and O–H groups in total. The summed E-state index contributed by atoms with van der Waals surface area (Å²) in [7, 11) is 2.54. The molecule has 1 saturated carbocycles. The van der Waals surface area contributed by atoms with E-state index in [-0.39, 0.29) is 42.2 Å². The molecule has 0 bridgehead atoms. The van der Waals surface area contributed by atoms with Gasteiger partial charge in [-0.15, -0.1) is 6.58 Å². The quantitative estimate of drug-likeness (QED) is 0.0489. The van der Waals surface area contributed by atoms with Gasteiger partial charge in [0.25, 0.3) is 0 Å². The zero-order valence-electron chi connectivity index (χ0n) is 36.3. The number of imidazole rings is 2. The third-order valence-corrected chi connectivity index (χ3v) is 12.0. The fourth-order valence-electron chi connectivity index (χ4n) is 7.99. The Morgan fingerprint density at radius 3 is 2.16 bits per heavy atom. The van der Waals surface area contributed by atoms with Crippen molar-refractivity contribution in [3.63, 3.8) is 0 Å². The molecule has 3 aromatic carbocycles. The van der Waals surface area contributed by atoms with Crippen molar-refractivity contribution in [1.29, 1.82) is 5.41 Å². The molecule has 3 heterocycles. The predicted octanol–water partition coefficient (Wildman–Crippen LogP) is 7.80. The topological polar surface area (TPSA) is 198 Å². The summed E-state index contributed by atoms with van der Waals surface area (Å²) >= 11 is 0. The Labute approximate surface area is 366 Å². The number of benzene rings is 3. The fourth-order valence-corrected chi connectivity index (χ4v) is 7.99. The number of amides is 4. The Morgan fingerprint density at radius 1 is 0.905 bits per heavy atom. The molecule has 2 aromatic heterocycles. The van der Waals surface area contributed by atoms with Crippen LogP contribution in [-0.2, 0) is 25.6 Å². The Kier molecular flexibility index (Phi) is 13.2. The van der Waals surface area contributed by atoms with E-state index in [4.69, 9.17) is 19.9 Å². The molecule has 15 heteroatoms. The molecule has 2 aliphatic rings. The number of carbonyl (C=O) groups excluding carboxylic acids is 4. The molecule has 0 saturated heterocycles. The Bertz CT molecular complexity index is 2510. The first-order chi connectivity index (χ1) is 30.4. The summed E-state index contributed by atoms with van der Waals surface area (Å²) in [6.45, 7) is 10.3. The van der Waals surface area contributed by atoms with Crippen molar-refractivity contribution in [3.05, 3.63) is 110 Å². The van der Waals surface area contributed by atoms with Gasteiger partial charge in [-0.2, -0.15) is 0 Å². The molecule has 0 unspecified atom stereocenters. The van der Waals surface area contributed by atoms with E-state index in [9.17, 15) is 19.2 Å². The molecule has 4 amide bonds. The van der Waals surface area contributed by atoms with E-state index >= 15 is 0 Å². The molecule has 63 heavy (non-hydrogen) atoms. The second kappa shape index (κ2) is 18.9. The Balaban J connectivity index is 1.05. The maximum absolute atomic E-state index is 14.0. The number of hydrogen-bond donors (Lipinski definition) is 5. The van der Waals surface area contributed by atoms with Crippen molar-refractivity contribution in [2.75, 3.05) is 27.3 Å². The zero-order valence-corrected chi connectivity index (χ0v) is 36.3.